The Labute approximate surface area is 112 Å². The number of rotatable bonds is 4. The highest BCUT2D eigenvalue weighted by Gasteiger charge is 2.46. The minimum absolute atomic E-state index is 0.0191. The molecule has 0 spiro atoms. The number of halogens is 3. The summed E-state index contributed by atoms with van der Waals surface area (Å²) >= 11 is 0. The molecule has 10 heteroatoms. The minimum Gasteiger partial charge on any atom is -0.381 e. The van der Waals surface area contributed by atoms with Crippen molar-refractivity contribution in [3.8, 4) is 0 Å². The predicted molar refractivity (Wildman–Crippen MR) is 60.8 cm³/mol. The first-order chi connectivity index (χ1) is 9.14. The van der Waals surface area contributed by atoms with E-state index in [4.69, 9.17) is 10.5 Å². The third kappa shape index (κ3) is 3.83. The van der Waals surface area contributed by atoms with Gasteiger partial charge in [0.1, 0.15) is 0 Å². The Morgan fingerprint density at radius 3 is 2.55 bits per heavy atom. The Balaban J connectivity index is 2.96. The van der Waals surface area contributed by atoms with Gasteiger partial charge >= 0.3 is 17.8 Å². The molecule has 2 atom stereocenters. The third-order valence-corrected chi connectivity index (χ3v) is 2.95. The second-order valence-electron chi connectivity index (χ2n) is 4.36. The highest BCUT2D eigenvalue weighted by molar-refractivity contribution is 5.89. The number of hydrogen-bond acceptors (Lipinski definition) is 5. The molecule has 3 N–H and O–H groups in total. The monoisotopic (exact) mass is 297 g/mol. The molecule has 0 aliphatic carbocycles. The van der Waals surface area contributed by atoms with E-state index in [0.717, 1.165) is 6.92 Å². The number of carbonyl (C=O) groups excluding carboxylic acids is 1. The zero-order valence-electron chi connectivity index (χ0n) is 10.6. The zero-order valence-corrected chi connectivity index (χ0v) is 10.6. The Hall–Kier alpha value is -1.84. The maximum Gasteiger partial charge on any atom is 0.395 e. The maximum absolute atomic E-state index is 12.8. The molecule has 0 aromatic heterocycles. The lowest BCUT2D eigenvalue weighted by Crippen LogP contribution is -2.49. The number of primary amides is 1. The molecule has 1 aliphatic heterocycles. The molecule has 20 heavy (non-hydrogen) atoms. The summed E-state index contributed by atoms with van der Waals surface area (Å²) in [6.45, 7) is 0.715. The fourth-order valence-electron chi connectivity index (χ4n) is 1.99. The van der Waals surface area contributed by atoms with E-state index in [1.54, 1.807) is 0 Å². The molecule has 1 heterocycles. The summed E-state index contributed by atoms with van der Waals surface area (Å²) in [6.07, 6.45) is -4.48. The Morgan fingerprint density at radius 1 is 1.50 bits per heavy atom. The van der Waals surface area contributed by atoms with E-state index in [9.17, 15) is 28.1 Å². The lowest BCUT2D eigenvalue weighted by Gasteiger charge is -2.33. The van der Waals surface area contributed by atoms with Crippen molar-refractivity contribution in [1.82, 2.24) is 5.32 Å². The van der Waals surface area contributed by atoms with Crippen LogP contribution in [0.15, 0.2) is 11.4 Å². The zero-order chi connectivity index (χ0) is 15.5. The number of ether oxygens (including phenoxy) is 1. The Kier molecular flexibility index (Phi) is 4.93. The van der Waals surface area contributed by atoms with E-state index in [1.807, 2.05) is 0 Å². The summed E-state index contributed by atoms with van der Waals surface area (Å²) in [5, 5.41) is 13.0. The summed E-state index contributed by atoms with van der Waals surface area (Å²) in [5.41, 5.74) is 3.60. The van der Waals surface area contributed by atoms with Crippen molar-refractivity contribution in [3.63, 3.8) is 0 Å². The van der Waals surface area contributed by atoms with Gasteiger partial charge in [0.2, 0.25) is 0 Å². The molecule has 0 radical (unpaired) electrons. The van der Waals surface area contributed by atoms with E-state index in [-0.39, 0.29) is 18.7 Å². The summed E-state index contributed by atoms with van der Waals surface area (Å²) in [4.78, 5) is 20.6. The van der Waals surface area contributed by atoms with Crippen LogP contribution < -0.4 is 11.1 Å². The molecule has 7 nitrogen and oxygen atoms in total. The van der Waals surface area contributed by atoms with Crippen LogP contribution in [0, 0.1) is 16.0 Å². The average Bonchev–Trinajstić information content (AvgIpc) is 2.26. The highest BCUT2D eigenvalue weighted by Crippen LogP contribution is 2.33. The first-order valence-electron chi connectivity index (χ1n) is 5.70. The Bertz CT molecular complexity index is 420. The molecule has 0 bridgehead atoms. The quantitative estimate of drug-likeness (QED) is 0.447. The number of nitrogens with zero attached hydrogens (tertiary/aromatic N) is 1. The van der Waals surface area contributed by atoms with E-state index in [1.165, 1.54) is 0 Å². The van der Waals surface area contributed by atoms with Crippen molar-refractivity contribution in [1.29, 1.82) is 0 Å². The first-order valence-corrected chi connectivity index (χ1v) is 5.70. The number of amides is 1. The molecule has 2 unspecified atom stereocenters. The van der Waals surface area contributed by atoms with Gasteiger partial charge < -0.3 is 15.8 Å². The van der Waals surface area contributed by atoms with Crippen LogP contribution in [0.25, 0.3) is 0 Å². The van der Waals surface area contributed by atoms with Gasteiger partial charge in [0.15, 0.2) is 0 Å². The molecular weight excluding hydrogens is 283 g/mol. The molecule has 1 amide bonds. The van der Waals surface area contributed by atoms with Crippen molar-refractivity contribution >= 4 is 5.91 Å². The third-order valence-electron chi connectivity index (χ3n) is 2.95. The van der Waals surface area contributed by atoms with Crippen LogP contribution in [0.5, 0.6) is 0 Å². The largest absolute Gasteiger partial charge is 0.395 e. The van der Waals surface area contributed by atoms with E-state index in [0.29, 0.717) is 0 Å². The SMILES string of the molecule is C/C(NC1CCOCC1C(F)(F)F)=C(/C(N)=O)[N+](=O)[O-]. The lowest BCUT2D eigenvalue weighted by atomic mass is 9.95. The fraction of sp³-hybridized carbons (Fsp3) is 0.700. The molecule has 0 aromatic rings. The Morgan fingerprint density at radius 2 is 2.10 bits per heavy atom. The van der Waals surface area contributed by atoms with Crippen LogP contribution in [-0.4, -0.2) is 36.3 Å². The number of hydrogen-bond donors (Lipinski definition) is 2. The summed E-state index contributed by atoms with van der Waals surface area (Å²) in [6, 6.07) is -1.10. The summed E-state index contributed by atoms with van der Waals surface area (Å²) < 4.78 is 43.2. The van der Waals surface area contributed by atoms with Crippen molar-refractivity contribution in [2.24, 2.45) is 11.7 Å². The lowest BCUT2D eigenvalue weighted by molar-refractivity contribution is -0.420. The van der Waals surface area contributed by atoms with Gasteiger partial charge in [-0.3, -0.25) is 14.9 Å². The highest BCUT2D eigenvalue weighted by atomic mass is 19.4. The summed E-state index contributed by atoms with van der Waals surface area (Å²) in [5.74, 6) is -3.11. The molecule has 1 saturated heterocycles. The number of alkyl halides is 3. The molecule has 0 saturated carbocycles. The topological polar surface area (TPSA) is 107 Å². The molecule has 114 valence electrons. The predicted octanol–water partition coefficient (Wildman–Crippen LogP) is 0.537. The minimum atomic E-state index is -4.50. The molecule has 1 fully saturated rings. The first kappa shape index (κ1) is 16.2. The van der Waals surface area contributed by atoms with Gasteiger partial charge in [-0.1, -0.05) is 0 Å². The van der Waals surface area contributed by atoms with Gasteiger partial charge in [-0.2, -0.15) is 13.2 Å². The van der Waals surface area contributed by atoms with Crippen molar-refractivity contribution < 1.29 is 27.6 Å². The van der Waals surface area contributed by atoms with Crippen LogP contribution in [0.3, 0.4) is 0 Å². The molecular formula is C10H14F3N3O4. The summed E-state index contributed by atoms with van der Waals surface area (Å²) in [7, 11) is 0. The standard InChI is InChI=1S/C10H14F3N3O4/c1-5(8(9(14)17)16(18)19)15-7-2-3-20-4-6(7)10(11,12)13/h6-7,15H,2-4H2,1H3,(H2,14,17)/b8-5+. The van der Waals surface area contributed by atoms with Crippen molar-refractivity contribution in [3.05, 3.63) is 21.5 Å². The maximum atomic E-state index is 12.8. The number of nitrogens with two attached hydrogens (primary N) is 1. The number of nitrogens with one attached hydrogen (secondary N) is 1. The smallest absolute Gasteiger partial charge is 0.381 e. The van der Waals surface area contributed by atoms with Gasteiger partial charge in [0.05, 0.1) is 23.1 Å². The molecule has 1 rings (SSSR count). The van der Waals surface area contributed by atoms with Gasteiger partial charge in [-0.15, -0.1) is 0 Å². The molecule has 1 aliphatic rings. The number of allylic oxidation sites excluding steroid dienone is 1. The second-order valence-corrected chi connectivity index (χ2v) is 4.36. The van der Waals surface area contributed by atoms with Crippen LogP contribution in [0.4, 0.5) is 13.2 Å². The number of nitro groups is 1. The average molecular weight is 297 g/mol. The second kappa shape index (κ2) is 6.07. The van der Waals surface area contributed by atoms with E-state index in [2.05, 4.69) is 5.32 Å². The van der Waals surface area contributed by atoms with E-state index >= 15 is 0 Å². The van der Waals surface area contributed by atoms with Gasteiger partial charge in [0, 0.05) is 12.6 Å². The molecule has 0 aromatic carbocycles. The van der Waals surface area contributed by atoms with Gasteiger partial charge in [-0.05, 0) is 13.3 Å². The van der Waals surface area contributed by atoms with Gasteiger partial charge in [0.25, 0.3) is 0 Å². The van der Waals surface area contributed by atoms with Gasteiger partial charge in [-0.25, -0.2) is 0 Å². The normalized spacial score (nSPS) is 24.8. The fourth-order valence-corrected chi connectivity index (χ4v) is 1.99. The van der Waals surface area contributed by atoms with Crippen molar-refractivity contribution in [2.75, 3.05) is 13.2 Å². The van der Waals surface area contributed by atoms with Crippen LogP contribution >= 0.6 is 0 Å². The van der Waals surface area contributed by atoms with Crippen LogP contribution in [0.2, 0.25) is 0 Å². The van der Waals surface area contributed by atoms with E-state index < -0.39 is 41.3 Å². The van der Waals surface area contributed by atoms with Crippen LogP contribution in [0.1, 0.15) is 13.3 Å². The van der Waals surface area contributed by atoms with Crippen LogP contribution in [-0.2, 0) is 9.53 Å². The number of carbonyl (C=O) groups is 1. The van der Waals surface area contributed by atoms with Crippen molar-refractivity contribution in [2.45, 2.75) is 25.6 Å².